The molecule has 0 aliphatic carbocycles. The standard InChI is InChI=1S/C17H17FN6O/c18-13-3-1-12(2-4-13)9-17(25)20-14-7-8-23(10-14)16-6-5-15-21-19-11-24(15)22-16/h1-6,11,14H,7-10H2,(H,20,25). The third kappa shape index (κ3) is 3.42. The average Bonchev–Trinajstić information content (AvgIpc) is 3.25. The van der Waals surface area contributed by atoms with Crippen LogP contribution in [-0.4, -0.2) is 44.8 Å². The van der Waals surface area contributed by atoms with E-state index in [2.05, 4.69) is 25.5 Å². The maximum Gasteiger partial charge on any atom is 0.224 e. The summed E-state index contributed by atoms with van der Waals surface area (Å²) in [4.78, 5) is 14.3. The summed E-state index contributed by atoms with van der Waals surface area (Å²) in [5, 5.41) is 15.3. The van der Waals surface area contributed by atoms with Crippen LogP contribution in [0, 0.1) is 5.82 Å². The van der Waals surface area contributed by atoms with Crippen molar-refractivity contribution in [2.24, 2.45) is 0 Å². The fourth-order valence-corrected chi connectivity index (χ4v) is 3.04. The highest BCUT2D eigenvalue weighted by Gasteiger charge is 2.25. The van der Waals surface area contributed by atoms with E-state index in [1.807, 2.05) is 12.1 Å². The van der Waals surface area contributed by atoms with Crippen LogP contribution in [0.5, 0.6) is 0 Å². The lowest BCUT2D eigenvalue weighted by molar-refractivity contribution is -0.121. The Kier molecular flexibility index (Phi) is 4.01. The zero-order valence-electron chi connectivity index (χ0n) is 13.5. The molecule has 1 aliphatic rings. The summed E-state index contributed by atoms with van der Waals surface area (Å²) in [6.07, 6.45) is 2.68. The van der Waals surface area contributed by atoms with Gasteiger partial charge in [0.1, 0.15) is 18.0 Å². The van der Waals surface area contributed by atoms with E-state index in [9.17, 15) is 9.18 Å². The molecule has 1 atom stereocenters. The molecule has 128 valence electrons. The molecule has 0 bridgehead atoms. The van der Waals surface area contributed by atoms with Gasteiger partial charge in [-0.15, -0.1) is 15.3 Å². The first-order valence-corrected chi connectivity index (χ1v) is 8.13. The Morgan fingerprint density at radius 3 is 2.92 bits per heavy atom. The Bertz CT molecular complexity index is 894. The number of benzene rings is 1. The largest absolute Gasteiger partial charge is 0.353 e. The zero-order valence-corrected chi connectivity index (χ0v) is 13.5. The van der Waals surface area contributed by atoms with Gasteiger partial charge in [-0.25, -0.2) is 4.39 Å². The Balaban J connectivity index is 1.35. The van der Waals surface area contributed by atoms with E-state index < -0.39 is 0 Å². The van der Waals surface area contributed by atoms with Crippen LogP contribution in [0.15, 0.2) is 42.7 Å². The summed E-state index contributed by atoms with van der Waals surface area (Å²) < 4.78 is 14.5. The topological polar surface area (TPSA) is 75.4 Å². The van der Waals surface area contributed by atoms with Crippen molar-refractivity contribution in [1.29, 1.82) is 0 Å². The van der Waals surface area contributed by atoms with Crippen molar-refractivity contribution in [3.05, 3.63) is 54.1 Å². The number of carbonyl (C=O) groups is 1. The minimum Gasteiger partial charge on any atom is -0.353 e. The van der Waals surface area contributed by atoms with Crippen LogP contribution < -0.4 is 10.2 Å². The zero-order chi connectivity index (χ0) is 17.2. The van der Waals surface area contributed by atoms with Crippen molar-refractivity contribution in [3.8, 4) is 0 Å². The second kappa shape index (κ2) is 6.46. The highest BCUT2D eigenvalue weighted by Crippen LogP contribution is 2.18. The number of fused-ring (bicyclic) bond motifs is 1. The first kappa shape index (κ1) is 15.5. The van der Waals surface area contributed by atoms with Crippen LogP contribution >= 0.6 is 0 Å². The van der Waals surface area contributed by atoms with E-state index >= 15 is 0 Å². The Hall–Kier alpha value is -3.03. The number of nitrogens with zero attached hydrogens (tertiary/aromatic N) is 5. The van der Waals surface area contributed by atoms with E-state index in [-0.39, 0.29) is 24.2 Å². The van der Waals surface area contributed by atoms with Crippen molar-refractivity contribution in [3.63, 3.8) is 0 Å². The van der Waals surface area contributed by atoms with Crippen LogP contribution in [0.3, 0.4) is 0 Å². The van der Waals surface area contributed by atoms with E-state index in [0.717, 1.165) is 24.3 Å². The van der Waals surface area contributed by atoms with Gasteiger partial charge in [-0.05, 0) is 36.2 Å². The first-order valence-electron chi connectivity index (χ1n) is 8.13. The van der Waals surface area contributed by atoms with Gasteiger partial charge in [-0.2, -0.15) is 4.52 Å². The van der Waals surface area contributed by atoms with Gasteiger partial charge < -0.3 is 10.2 Å². The predicted octanol–water partition coefficient (Wildman–Crippen LogP) is 1.20. The third-order valence-corrected chi connectivity index (χ3v) is 4.30. The van der Waals surface area contributed by atoms with Crippen molar-refractivity contribution in [2.45, 2.75) is 18.9 Å². The Labute approximate surface area is 143 Å². The van der Waals surface area contributed by atoms with Gasteiger partial charge in [-0.3, -0.25) is 4.79 Å². The minimum absolute atomic E-state index is 0.0549. The lowest BCUT2D eigenvalue weighted by Crippen LogP contribution is -2.38. The molecule has 1 saturated heterocycles. The van der Waals surface area contributed by atoms with E-state index in [1.165, 1.54) is 12.1 Å². The van der Waals surface area contributed by atoms with Gasteiger partial charge in [0.15, 0.2) is 5.65 Å². The normalized spacial score (nSPS) is 17.2. The second-order valence-electron chi connectivity index (χ2n) is 6.13. The van der Waals surface area contributed by atoms with Crippen LogP contribution in [0.1, 0.15) is 12.0 Å². The molecule has 3 aromatic rings. The van der Waals surface area contributed by atoms with Gasteiger partial charge in [0, 0.05) is 19.1 Å². The molecule has 1 aromatic carbocycles. The molecular formula is C17H17FN6O. The second-order valence-corrected chi connectivity index (χ2v) is 6.13. The molecule has 0 radical (unpaired) electrons. The molecule has 1 fully saturated rings. The molecule has 4 rings (SSSR count). The van der Waals surface area contributed by atoms with E-state index in [4.69, 9.17) is 0 Å². The maximum atomic E-state index is 12.9. The molecule has 7 nitrogen and oxygen atoms in total. The highest BCUT2D eigenvalue weighted by atomic mass is 19.1. The fraction of sp³-hybridized carbons (Fsp3) is 0.294. The maximum absolute atomic E-state index is 12.9. The molecule has 25 heavy (non-hydrogen) atoms. The lowest BCUT2D eigenvalue weighted by Gasteiger charge is -2.17. The Morgan fingerprint density at radius 2 is 2.08 bits per heavy atom. The summed E-state index contributed by atoms with van der Waals surface area (Å²) in [6, 6.07) is 9.86. The number of rotatable bonds is 4. The number of amides is 1. The molecular weight excluding hydrogens is 323 g/mol. The first-order chi connectivity index (χ1) is 12.2. The molecule has 1 N–H and O–H groups in total. The average molecular weight is 340 g/mol. The lowest BCUT2D eigenvalue weighted by atomic mass is 10.1. The van der Waals surface area contributed by atoms with Gasteiger partial charge in [0.25, 0.3) is 0 Å². The molecule has 3 heterocycles. The van der Waals surface area contributed by atoms with Crippen molar-refractivity contribution >= 4 is 17.4 Å². The van der Waals surface area contributed by atoms with Gasteiger partial charge >= 0.3 is 0 Å². The van der Waals surface area contributed by atoms with Crippen LogP contribution in [0.25, 0.3) is 5.65 Å². The molecule has 0 spiro atoms. The summed E-state index contributed by atoms with van der Waals surface area (Å²) in [6.45, 7) is 1.53. The number of hydrogen-bond acceptors (Lipinski definition) is 5. The summed E-state index contributed by atoms with van der Waals surface area (Å²) in [7, 11) is 0. The summed E-state index contributed by atoms with van der Waals surface area (Å²) in [5.41, 5.74) is 1.50. The molecule has 1 aliphatic heterocycles. The summed E-state index contributed by atoms with van der Waals surface area (Å²) >= 11 is 0. The number of carbonyl (C=O) groups excluding carboxylic acids is 1. The van der Waals surface area contributed by atoms with Crippen LogP contribution in [0.4, 0.5) is 10.2 Å². The van der Waals surface area contributed by atoms with Crippen LogP contribution in [-0.2, 0) is 11.2 Å². The molecule has 2 aromatic heterocycles. The molecule has 1 amide bonds. The fourth-order valence-electron chi connectivity index (χ4n) is 3.04. The highest BCUT2D eigenvalue weighted by molar-refractivity contribution is 5.79. The van der Waals surface area contributed by atoms with Crippen LogP contribution in [0.2, 0.25) is 0 Å². The summed E-state index contributed by atoms with van der Waals surface area (Å²) in [5.74, 6) is 0.483. The van der Waals surface area contributed by atoms with Gasteiger partial charge in [-0.1, -0.05) is 12.1 Å². The van der Waals surface area contributed by atoms with E-state index in [1.54, 1.807) is 23.0 Å². The molecule has 1 unspecified atom stereocenters. The monoisotopic (exact) mass is 340 g/mol. The SMILES string of the molecule is O=C(Cc1ccc(F)cc1)NC1CCN(c2ccc3nncn3n2)C1. The number of halogens is 1. The predicted molar refractivity (Wildman–Crippen MR) is 89.6 cm³/mol. The van der Waals surface area contributed by atoms with Gasteiger partial charge in [0.2, 0.25) is 5.91 Å². The Morgan fingerprint density at radius 1 is 1.24 bits per heavy atom. The third-order valence-electron chi connectivity index (χ3n) is 4.30. The number of nitrogens with one attached hydrogen (secondary N) is 1. The quantitative estimate of drug-likeness (QED) is 0.772. The van der Waals surface area contributed by atoms with Crippen molar-refractivity contribution in [2.75, 3.05) is 18.0 Å². The number of aromatic nitrogens is 4. The molecule has 0 saturated carbocycles. The van der Waals surface area contributed by atoms with Crippen molar-refractivity contribution in [1.82, 2.24) is 25.1 Å². The number of anilines is 1. The van der Waals surface area contributed by atoms with Gasteiger partial charge in [0.05, 0.1) is 6.42 Å². The smallest absolute Gasteiger partial charge is 0.224 e. The molecule has 8 heteroatoms. The van der Waals surface area contributed by atoms with Crippen molar-refractivity contribution < 1.29 is 9.18 Å². The number of hydrogen-bond donors (Lipinski definition) is 1. The minimum atomic E-state index is -0.298. The van der Waals surface area contributed by atoms with E-state index in [0.29, 0.717) is 12.2 Å².